The van der Waals surface area contributed by atoms with Crippen LogP contribution in [0, 0.1) is 6.92 Å². The number of nitrogens with one attached hydrogen (secondary N) is 2. The standard InChI is InChI=1S/C25H22N4O3/c1-17-9-11-18(12-10-17)16-32-24-8-3-2-7-21(24)22-14-23(28-27-22)25(31)29-26-15-19-5-4-6-20(30)13-19/h2-15,30H,16H2,1H3,(H,27,28)(H,29,31). The van der Waals surface area contributed by atoms with Crippen molar-refractivity contribution in [3.05, 3.63) is 101 Å². The minimum atomic E-state index is -0.432. The van der Waals surface area contributed by atoms with Crippen LogP contribution in [0.4, 0.5) is 0 Å². The number of hydrogen-bond donors (Lipinski definition) is 3. The van der Waals surface area contributed by atoms with Crippen LogP contribution in [0.1, 0.15) is 27.2 Å². The van der Waals surface area contributed by atoms with Gasteiger partial charge in [-0.2, -0.15) is 10.2 Å². The molecule has 0 aliphatic carbocycles. The Hall–Kier alpha value is -4.39. The summed E-state index contributed by atoms with van der Waals surface area (Å²) in [4.78, 5) is 12.4. The Morgan fingerprint density at radius 1 is 1.09 bits per heavy atom. The van der Waals surface area contributed by atoms with E-state index in [0.29, 0.717) is 23.6 Å². The first-order valence-corrected chi connectivity index (χ1v) is 10.0. The molecule has 0 saturated carbocycles. The van der Waals surface area contributed by atoms with Gasteiger partial charge < -0.3 is 9.84 Å². The van der Waals surface area contributed by atoms with Gasteiger partial charge in [-0.25, -0.2) is 5.43 Å². The topological polar surface area (TPSA) is 99.6 Å². The highest BCUT2D eigenvalue weighted by Crippen LogP contribution is 2.29. The second-order valence-electron chi connectivity index (χ2n) is 7.23. The average molecular weight is 426 g/mol. The van der Waals surface area contributed by atoms with E-state index >= 15 is 0 Å². The summed E-state index contributed by atoms with van der Waals surface area (Å²) in [7, 11) is 0. The van der Waals surface area contributed by atoms with Crippen LogP contribution in [0.2, 0.25) is 0 Å². The van der Waals surface area contributed by atoms with Gasteiger partial charge in [0.1, 0.15) is 23.8 Å². The molecule has 32 heavy (non-hydrogen) atoms. The number of rotatable bonds is 7. The minimum Gasteiger partial charge on any atom is -0.508 e. The number of aryl methyl sites for hydroxylation is 1. The van der Waals surface area contributed by atoms with E-state index in [9.17, 15) is 9.90 Å². The van der Waals surface area contributed by atoms with Crippen molar-refractivity contribution in [2.24, 2.45) is 5.10 Å². The second-order valence-corrected chi connectivity index (χ2v) is 7.23. The van der Waals surface area contributed by atoms with Gasteiger partial charge in [-0.15, -0.1) is 0 Å². The molecule has 0 unspecified atom stereocenters. The molecule has 7 nitrogen and oxygen atoms in total. The van der Waals surface area contributed by atoms with Crippen LogP contribution in [-0.4, -0.2) is 27.4 Å². The number of hydrazone groups is 1. The number of ether oxygens (including phenoxy) is 1. The average Bonchev–Trinajstić information content (AvgIpc) is 3.29. The van der Waals surface area contributed by atoms with Crippen LogP contribution in [0.5, 0.6) is 11.5 Å². The first-order valence-electron chi connectivity index (χ1n) is 10.0. The molecular weight excluding hydrogens is 404 g/mol. The lowest BCUT2D eigenvalue weighted by Gasteiger charge is -2.10. The smallest absolute Gasteiger partial charge is 0.289 e. The summed E-state index contributed by atoms with van der Waals surface area (Å²) in [6, 6.07) is 23.9. The van der Waals surface area contributed by atoms with Crippen molar-refractivity contribution in [1.82, 2.24) is 15.6 Å². The number of aromatic amines is 1. The van der Waals surface area contributed by atoms with Crippen LogP contribution in [0.3, 0.4) is 0 Å². The molecule has 1 heterocycles. The Morgan fingerprint density at radius 3 is 2.72 bits per heavy atom. The van der Waals surface area contributed by atoms with Crippen molar-refractivity contribution >= 4 is 12.1 Å². The van der Waals surface area contributed by atoms with Crippen molar-refractivity contribution in [3.63, 3.8) is 0 Å². The number of aromatic hydroxyl groups is 1. The van der Waals surface area contributed by atoms with E-state index in [4.69, 9.17) is 4.74 Å². The Bertz CT molecular complexity index is 1250. The summed E-state index contributed by atoms with van der Waals surface area (Å²) in [6.07, 6.45) is 1.45. The highest BCUT2D eigenvalue weighted by Gasteiger charge is 2.14. The van der Waals surface area contributed by atoms with E-state index in [1.54, 1.807) is 24.3 Å². The number of aromatic nitrogens is 2. The fraction of sp³-hybridized carbons (Fsp3) is 0.0800. The van der Waals surface area contributed by atoms with Gasteiger partial charge in [-0.1, -0.05) is 54.1 Å². The molecule has 0 bridgehead atoms. The molecule has 1 aromatic heterocycles. The molecule has 0 aliphatic rings. The Balaban J connectivity index is 1.43. The number of H-pyrrole nitrogens is 1. The molecule has 0 spiro atoms. The van der Waals surface area contributed by atoms with Crippen molar-refractivity contribution in [2.45, 2.75) is 13.5 Å². The van der Waals surface area contributed by atoms with Crippen molar-refractivity contribution < 1.29 is 14.6 Å². The molecule has 4 rings (SSSR count). The molecule has 3 N–H and O–H groups in total. The Morgan fingerprint density at radius 2 is 1.91 bits per heavy atom. The molecule has 3 aromatic carbocycles. The van der Waals surface area contributed by atoms with Crippen LogP contribution < -0.4 is 10.2 Å². The summed E-state index contributed by atoms with van der Waals surface area (Å²) < 4.78 is 6.01. The lowest BCUT2D eigenvalue weighted by molar-refractivity contribution is 0.0950. The number of hydrogen-bond acceptors (Lipinski definition) is 5. The molecule has 160 valence electrons. The van der Waals surface area contributed by atoms with Crippen molar-refractivity contribution in [3.8, 4) is 22.8 Å². The first kappa shape index (κ1) is 20.9. The zero-order chi connectivity index (χ0) is 22.3. The van der Waals surface area contributed by atoms with Gasteiger partial charge in [-0.3, -0.25) is 9.89 Å². The molecular formula is C25H22N4O3. The lowest BCUT2D eigenvalue weighted by atomic mass is 10.1. The molecule has 0 atom stereocenters. The van der Waals surface area contributed by atoms with E-state index in [2.05, 4.69) is 20.7 Å². The third-order valence-electron chi connectivity index (χ3n) is 4.75. The zero-order valence-electron chi connectivity index (χ0n) is 17.4. The highest BCUT2D eigenvalue weighted by molar-refractivity contribution is 5.94. The maximum Gasteiger partial charge on any atom is 0.289 e. The van der Waals surface area contributed by atoms with E-state index < -0.39 is 5.91 Å². The maximum atomic E-state index is 12.4. The van der Waals surface area contributed by atoms with E-state index in [1.807, 2.05) is 55.5 Å². The van der Waals surface area contributed by atoms with Crippen LogP contribution >= 0.6 is 0 Å². The number of phenols is 1. The van der Waals surface area contributed by atoms with Gasteiger partial charge in [0.25, 0.3) is 5.91 Å². The number of carbonyl (C=O) groups excluding carboxylic acids is 1. The molecule has 0 fully saturated rings. The molecule has 0 radical (unpaired) electrons. The molecule has 0 saturated heterocycles. The van der Waals surface area contributed by atoms with Gasteiger partial charge in [0.15, 0.2) is 0 Å². The van der Waals surface area contributed by atoms with Crippen LogP contribution in [0.15, 0.2) is 84.0 Å². The monoisotopic (exact) mass is 426 g/mol. The fourth-order valence-corrected chi connectivity index (χ4v) is 3.06. The number of phenolic OH excluding ortho intramolecular Hbond substituents is 1. The van der Waals surface area contributed by atoms with E-state index in [0.717, 1.165) is 11.1 Å². The largest absolute Gasteiger partial charge is 0.508 e. The summed E-state index contributed by atoms with van der Waals surface area (Å²) in [6.45, 7) is 2.47. The number of nitrogens with zero attached hydrogens (tertiary/aromatic N) is 2. The van der Waals surface area contributed by atoms with Gasteiger partial charge in [0.2, 0.25) is 0 Å². The Kier molecular flexibility index (Phi) is 6.27. The molecule has 0 aliphatic heterocycles. The SMILES string of the molecule is Cc1ccc(COc2ccccc2-c2cc(C(=O)NN=Cc3cccc(O)c3)[nH]n2)cc1. The van der Waals surface area contributed by atoms with E-state index in [1.165, 1.54) is 17.8 Å². The van der Waals surface area contributed by atoms with Gasteiger partial charge in [0, 0.05) is 5.56 Å². The van der Waals surface area contributed by atoms with Crippen molar-refractivity contribution in [2.75, 3.05) is 0 Å². The number of amides is 1. The van der Waals surface area contributed by atoms with Crippen LogP contribution in [-0.2, 0) is 6.61 Å². The predicted octanol–water partition coefficient (Wildman–Crippen LogP) is 4.43. The number of para-hydroxylation sites is 1. The predicted molar refractivity (Wildman–Crippen MR) is 123 cm³/mol. The summed E-state index contributed by atoms with van der Waals surface area (Å²) >= 11 is 0. The third kappa shape index (κ3) is 5.20. The normalized spacial score (nSPS) is 10.9. The van der Waals surface area contributed by atoms with Gasteiger partial charge in [-0.05, 0) is 48.4 Å². The number of benzene rings is 3. The van der Waals surface area contributed by atoms with Crippen molar-refractivity contribution in [1.29, 1.82) is 0 Å². The summed E-state index contributed by atoms with van der Waals surface area (Å²) in [5.74, 6) is 0.369. The Labute approximate surface area is 185 Å². The summed E-state index contributed by atoms with van der Waals surface area (Å²) in [5, 5.41) is 20.4. The van der Waals surface area contributed by atoms with Gasteiger partial charge >= 0.3 is 0 Å². The lowest BCUT2D eigenvalue weighted by Crippen LogP contribution is -2.17. The third-order valence-corrected chi connectivity index (χ3v) is 4.75. The number of carbonyl (C=O) groups is 1. The molecule has 7 heteroatoms. The fourth-order valence-electron chi connectivity index (χ4n) is 3.06. The highest BCUT2D eigenvalue weighted by atomic mass is 16.5. The minimum absolute atomic E-state index is 0.127. The second kappa shape index (κ2) is 9.61. The quantitative estimate of drug-likeness (QED) is 0.301. The zero-order valence-corrected chi connectivity index (χ0v) is 17.4. The van der Waals surface area contributed by atoms with E-state index in [-0.39, 0.29) is 11.4 Å². The molecule has 4 aromatic rings. The van der Waals surface area contributed by atoms with Crippen LogP contribution in [0.25, 0.3) is 11.3 Å². The maximum absolute atomic E-state index is 12.4. The summed E-state index contributed by atoms with van der Waals surface area (Å²) in [5.41, 5.74) is 7.00. The first-order chi connectivity index (χ1) is 15.6. The molecule has 1 amide bonds. The van der Waals surface area contributed by atoms with Gasteiger partial charge in [0.05, 0.1) is 11.9 Å².